The first-order chi connectivity index (χ1) is 5.81. The van der Waals surface area contributed by atoms with Crippen molar-refractivity contribution in [3.63, 3.8) is 0 Å². The van der Waals surface area contributed by atoms with E-state index in [0.717, 1.165) is 19.3 Å². The number of amides is 1. The van der Waals surface area contributed by atoms with Gasteiger partial charge < -0.3 is 10.4 Å². The van der Waals surface area contributed by atoms with Gasteiger partial charge in [0.1, 0.15) is 0 Å². The lowest BCUT2D eigenvalue weighted by molar-refractivity contribution is -0.121. The maximum atomic E-state index is 10.9. The molecule has 0 saturated heterocycles. The predicted octanol–water partition coefficient (Wildman–Crippen LogP) is 0.841. The Labute approximate surface area is 73.5 Å². The van der Waals surface area contributed by atoms with E-state index in [0.29, 0.717) is 13.0 Å². The van der Waals surface area contributed by atoms with E-state index >= 15 is 0 Å². The van der Waals surface area contributed by atoms with E-state index in [1.54, 1.807) is 6.08 Å². The topological polar surface area (TPSA) is 49.3 Å². The third kappa shape index (κ3) is 7.28. The van der Waals surface area contributed by atoms with Crippen molar-refractivity contribution in [1.82, 2.24) is 5.32 Å². The summed E-state index contributed by atoms with van der Waals surface area (Å²) in [5, 5.41) is 11.1. The Hall–Kier alpha value is -0.830. The molecule has 0 spiro atoms. The van der Waals surface area contributed by atoms with Crippen LogP contribution in [-0.4, -0.2) is 24.2 Å². The van der Waals surface area contributed by atoms with Crippen LogP contribution in [0.15, 0.2) is 12.7 Å². The van der Waals surface area contributed by atoms with Crippen molar-refractivity contribution in [2.75, 3.05) is 13.2 Å². The van der Waals surface area contributed by atoms with Crippen molar-refractivity contribution in [3.05, 3.63) is 12.7 Å². The fraction of sp³-hybridized carbons (Fsp3) is 0.667. The van der Waals surface area contributed by atoms with Gasteiger partial charge in [0.2, 0.25) is 5.91 Å². The number of rotatable bonds is 7. The minimum atomic E-state index is 0.0628. The molecule has 12 heavy (non-hydrogen) atoms. The molecule has 70 valence electrons. The number of hydrogen-bond donors (Lipinski definition) is 2. The van der Waals surface area contributed by atoms with Gasteiger partial charge in [0, 0.05) is 19.6 Å². The van der Waals surface area contributed by atoms with Crippen LogP contribution >= 0.6 is 0 Å². The second kappa shape index (κ2) is 8.27. The maximum absolute atomic E-state index is 10.9. The molecule has 1 amide bonds. The SMILES string of the molecule is C=CCNC(=O)CCCCCO. The standard InChI is InChI=1S/C9H17NO2/c1-2-7-10-9(12)6-4-3-5-8-11/h2,11H,1,3-8H2,(H,10,12). The lowest BCUT2D eigenvalue weighted by Gasteiger charge is -2.00. The number of aliphatic hydroxyl groups excluding tert-OH is 1. The van der Waals surface area contributed by atoms with Gasteiger partial charge >= 0.3 is 0 Å². The molecule has 0 radical (unpaired) electrons. The summed E-state index contributed by atoms with van der Waals surface area (Å²) in [6.45, 7) is 4.25. The molecule has 0 heterocycles. The Morgan fingerprint density at radius 2 is 2.17 bits per heavy atom. The van der Waals surface area contributed by atoms with Crippen molar-refractivity contribution in [2.24, 2.45) is 0 Å². The van der Waals surface area contributed by atoms with Crippen LogP contribution in [0, 0.1) is 0 Å². The van der Waals surface area contributed by atoms with E-state index in [4.69, 9.17) is 5.11 Å². The summed E-state index contributed by atoms with van der Waals surface area (Å²) in [5.41, 5.74) is 0. The average Bonchev–Trinajstić information content (AvgIpc) is 2.09. The highest BCUT2D eigenvalue weighted by Crippen LogP contribution is 1.98. The highest BCUT2D eigenvalue weighted by atomic mass is 16.2. The molecular weight excluding hydrogens is 154 g/mol. The van der Waals surface area contributed by atoms with Crippen LogP contribution in [-0.2, 0) is 4.79 Å². The molecule has 0 aromatic rings. The van der Waals surface area contributed by atoms with Crippen molar-refractivity contribution in [2.45, 2.75) is 25.7 Å². The van der Waals surface area contributed by atoms with Crippen molar-refractivity contribution < 1.29 is 9.90 Å². The summed E-state index contributed by atoms with van der Waals surface area (Å²) in [4.78, 5) is 10.9. The molecule has 3 nitrogen and oxygen atoms in total. The Kier molecular flexibility index (Phi) is 7.70. The van der Waals surface area contributed by atoms with Crippen molar-refractivity contribution in [1.29, 1.82) is 0 Å². The Morgan fingerprint density at radius 3 is 2.75 bits per heavy atom. The Morgan fingerprint density at radius 1 is 1.42 bits per heavy atom. The van der Waals surface area contributed by atoms with Crippen molar-refractivity contribution >= 4 is 5.91 Å². The minimum Gasteiger partial charge on any atom is -0.396 e. The number of carbonyl (C=O) groups excluding carboxylic acids is 1. The predicted molar refractivity (Wildman–Crippen MR) is 48.8 cm³/mol. The number of hydrogen-bond acceptors (Lipinski definition) is 2. The molecule has 0 bridgehead atoms. The number of aliphatic hydroxyl groups is 1. The highest BCUT2D eigenvalue weighted by molar-refractivity contribution is 5.75. The number of unbranched alkanes of at least 4 members (excludes halogenated alkanes) is 2. The normalized spacial score (nSPS) is 9.42. The summed E-state index contributed by atoms with van der Waals surface area (Å²) in [5.74, 6) is 0.0628. The van der Waals surface area contributed by atoms with Crippen LogP contribution in [0.25, 0.3) is 0 Å². The van der Waals surface area contributed by atoms with E-state index in [1.165, 1.54) is 0 Å². The Balaban J connectivity index is 3.13. The third-order valence-corrected chi connectivity index (χ3v) is 1.51. The van der Waals surface area contributed by atoms with E-state index in [-0.39, 0.29) is 12.5 Å². The van der Waals surface area contributed by atoms with Crippen molar-refractivity contribution in [3.8, 4) is 0 Å². The molecule has 3 heteroatoms. The first-order valence-electron chi connectivity index (χ1n) is 4.29. The molecule has 0 rings (SSSR count). The van der Waals surface area contributed by atoms with Gasteiger partial charge in [-0.05, 0) is 12.8 Å². The summed E-state index contributed by atoms with van der Waals surface area (Å²) < 4.78 is 0. The molecule has 0 aromatic heterocycles. The van der Waals surface area contributed by atoms with Gasteiger partial charge in [0.15, 0.2) is 0 Å². The zero-order valence-corrected chi connectivity index (χ0v) is 7.38. The first-order valence-corrected chi connectivity index (χ1v) is 4.29. The molecular formula is C9H17NO2. The maximum Gasteiger partial charge on any atom is 0.220 e. The number of nitrogens with one attached hydrogen (secondary N) is 1. The van der Waals surface area contributed by atoms with E-state index in [9.17, 15) is 4.79 Å². The molecule has 2 N–H and O–H groups in total. The third-order valence-electron chi connectivity index (χ3n) is 1.51. The molecule has 0 aliphatic carbocycles. The fourth-order valence-electron chi connectivity index (χ4n) is 0.849. The summed E-state index contributed by atoms with van der Waals surface area (Å²) in [6.07, 6.45) is 4.76. The molecule has 0 unspecified atom stereocenters. The number of carbonyl (C=O) groups is 1. The summed E-state index contributed by atoms with van der Waals surface area (Å²) in [7, 11) is 0. The average molecular weight is 171 g/mol. The van der Waals surface area contributed by atoms with Gasteiger partial charge in [-0.1, -0.05) is 12.5 Å². The summed E-state index contributed by atoms with van der Waals surface area (Å²) >= 11 is 0. The van der Waals surface area contributed by atoms with Crippen LogP contribution in [0.3, 0.4) is 0 Å². The van der Waals surface area contributed by atoms with Gasteiger partial charge in [-0.3, -0.25) is 4.79 Å². The van der Waals surface area contributed by atoms with E-state index in [1.807, 2.05) is 0 Å². The van der Waals surface area contributed by atoms with E-state index < -0.39 is 0 Å². The zero-order chi connectivity index (χ0) is 9.23. The highest BCUT2D eigenvalue weighted by Gasteiger charge is 1.97. The van der Waals surface area contributed by atoms with Crippen LogP contribution in [0.4, 0.5) is 0 Å². The molecule has 0 aliphatic heterocycles. The molecule has 0 aromatic carbocycles. The Bertz CT molecular complexity index is 134. The van der Waals surface area contributed by atoms with Gasteiger partial charge in [0.25, 0.3) is 0 Å². The van der Waals surface area contributed by atoms with E-state index in [2.05, 4.69) is 11.9 Å². The van der Waals surface area contributed by atoms with Gasteiger partial charge in [-0.25, -0.2) is 0 Å². The van der Waals surface area contributed by atoms with Crippen LogP contribution < -0.4 is 5.32 Å². The minimum absolute atomic E-state index is 0.0628. The largest absolute Gasteiger partial charge is 0.396 e. The lowest BCUT2D eigenvalue weighted by atomic mass is 10.2. The van der Waals surface area contributed by atoms with Crippen LogP contribution in [0.5, 0.6) is 0 Å². The van der Waals surface area contributed by atoms with Crippen LogP contribution in [0.2, 0.25) is 0 Å². The smallest absolute Gasteiger partial charge is 0.220 e. The molecule has 0 saturated carbocycles. The molecule has 0 fully saturated rings. The quantitative estimate of drug-likeness (QED) is 0.440. The first kappa shape index (κ1) is 11.2. The lowest BCUT2D eigenvalue weighted by Crippen LogP contribution is -2.22. The van der Waals surface area contributed by atoms with Crippen LogP contribution in [0.1, 0.15) is 25.7 Å². The second-order valence-corrected chi connectivity index (χ2v) is 2.63. The van der Waals surface area contributed by atoms with Gasteiger partial charge in [0.05, 0.1) is 0 Å². The van der Waals surface area contributed by atoms with Gasteiger partial charge in [-0.15, -0.1) is 6.58 Å². The molecule has 0 aliphatic rings. The summed E-state index contributed by atoms with van der Waals surface area (Å²) in [6, 6.07) is 0. The monoisotopic (exact) mass is 171 g/mol. The van der Waals surface area contributed by atoms with Gasteiger partial charge in [-0.2, -0.15) is 0 Å². The fourth-order valence-corrected chi connectivity index (χ4v) is 0.849. The second-order valence-electron chi connectivity index (χ2n) is 2.63. The molecule has 0 atom stereocenters. The zero-order valence-electron chi connectivity index (χ0n) is 7.38.